The van der Waals surface area contributed by atoms with Crippen molar-refractivity contribution in [3.63, 3.8) is 0 Å². The smallest absolute Gasteiger partial charge is 0.407 e. The van der Waals surface area contributed by atoms with Crippen molar-refractivity contribution in [3.05, 3.63) is 96.3 Å². The fourth-order valence-corrected chi connectivity index (χ4v) is 3.51. The van der Waals surface area contributed by atoms with E-state index in [1.807, 2.05) is 66.7 Å². The van der Waals surface area contributed by atoms with Crippen molar-refractivity contribution in [1.29, 1.82) is 0 Å². The van der Waals surface area contributed by atoms with Crippen molar-refractivity contribution >= 4 is 23.0 Å². The maximum Gasteiger partial charge on any atom is 0.407 e. The summed E-state index contributed by atoms with van der Waals surface area (Å²) in [5.74, 6) is -0.422. The quantitative estimate of drug-likeness (QED) is 0.408. The van der Waals surface area contributed by atoms with E-state index >= 15 is 0 Å². The molecule has 1 unspecified atom stereocenters. The van der Waals surface area contributed by atoms with Gasteiger partial charge in [-0.3, -0.25) is 0 Å². The molecular formula is C26H23NO5. The number of hydrogen-bond acceptors (Lipinski definition) is 4. The van der Waals surface area contributed by atoms with Gasteiger partial charge in [0.15, 0.2) is 0 Å². The minimum Gasteiger partial charge on any atom is -0.480 e. The van der Waals surface area contributed by atoms with E-state index in [1.165, 1.54) is 0 Å². The molecule has 1 heterocycles. The van der Waals surface area contributed by atoms with Crippen LogP contribution in [-0.2, 0) is 22.4 Å². The summed E-state index contributed by atoms with van der Waals surface area (Å²) in [5.41, 5.74) is 3.80. The fourth-order valence-electron chi connectivity index (χ4n) is 3.51. The molecule has 1 aromatic heterocycles. The lowest BCUT2D eigenvalue weighted by Crippen LogP contribution is -2.42. The SMILES string of the molecule is O=C(NC(Cc1ccccc1)C(=O)O)OCCc1cc2cc(-c3ccccc3)ccc2o1. The highest BCUT2D eigenvalue weighted by Crippen LogP contribution is 2.26. The van der Waals surface area contributed by atoms with Crippen LogP contribution in [0.15, 0.2) is 89.3 Å². The maximum absolute atomic E-state index is 12.1. The third kappa shape index (κ3) is 5.35. The summed E-state index contributed by atoms with van der Waals surface area (Å²) < 4.78 is 11.0. The molecule has 0 bridgehead atoms. The summed E-state index contributed by atoms with van der Waals surface area (Å²) in [6, 6.07) is 26.1. The van der Waals surface area contributed by atoms with Crippen LogP contribution in [0.4, 0.5) is 4.79 Å². The molecule has 162 valence electrons. The van der Waals surface area contributed by atoms with Gasteiger partial charge in [-0.05, 0) is 34.9 Å². The van der Waals surface area contributed by atoms with Crippen LogP contribution in [0.3, 0.4) is 0 Å². The summed E-state index contributed by atoms with van der Waals surface area (Å²) in [4.78, 5) is 23.6. The third-order valence-electron chi connectivity index (χ3n) is 5.13. The molecular weight excluding hydrogens is 406 g/mol. The molecule has 4 aromatic rings. The number of hydrogen-bond donors (Lipinski definition) is 2. The first-order valence-electron chi connectivity index (χ1n) is 10.4. The zero-order chi connectivity index (χ0) is 22.3. The number of carboxylic acids is 1. The number of ether oxygens (including phenoxy) is 1. The minimum atomic E-state index is -1.11. The second-order valence-corrected chi connectivity index (χ2v) is 7.44. The molecule has 0 saturated carbocycles. The normalized spacial score (nSPS) is 11.8. The first-order chi connectivity index (χ1) is 15.6. The molecule has 32 heavy (non-hydrogen) atoms. The highest BCUT2D eigenvalue weighted by atomic mass is 16.5. The molecule has 1 atom stereocenters. The minimum absolute atomic E-state index is 0.0782. The number of nitrogens with one attached hydrogen (secondary N) is 1. The van der Waals surface area contributed by atoms with Gasteiger partial charge in [-0.15, -0.1) is 0 Å². The number of rotatable bonds is 8. The molecule has 0 aliphatic carbocycles. The zero-order valence-corrected chi connectivity index (χ0v) is 17.4. The number of alkyl carbamates (subject to hydrolysis) is 1. The van der Waals surface area contributed by atoms with Gasteiger partial charge in [-0.2, -0.15) is 0 Å². The number of carbonyl (C=O) groups is 2. The Labute approximate surface area is 185 Å². The molecule has 0 fully saturated rings. The monoisotopic (exact) mass is 429 g/mol. The second-order valence-electron chi connectivity index (χ2n) is 7.44. The molecule has 3 aromatic carbocycles. The standard InChI is InChI=1S/C26H23NO5/c28-25(29)23(15-18-7-3-1-4-8-18)27-26(30)31-14-13-22-17-21-16-20(11-12-24(21)32-22)19-9-5-2-6-10-19/h1-12,16-17,23H,13-15H2,(H,27,30)(H,28,29). The Morgan fingerprint density at radius 1 is 0.906 bits per heavy atom. The Kier molecular flexibility index (Phi) is 6.51. The molecule has 6 heteroatoms. The molecule has 1 amide bonds. The Morgan fingerprint density at radius 2 is 1.62 bits per heavy atom. The summed E-state index contributed by atoms with van der Waals surface area (Å²) in [5, 5.41) is 12.8. The maximum atomic E-state index is 12.1. The number of carboxylic acid groups (broad SMARTS) is 1. The Balaban J connectivity index is 1.32. The molecule has 0 radical (unpaired) electrons. The van der Waals surface area contributed by atoms with Crippen LogP contribution >= 0.6 is 0 Å². The summed E-state index contributed by atoms with van der Waals surface area (Å²) in [7, 11) is 0. The average Bonchev–Trinajstić information content (AvgIpc) is 3.22. The van der Waals surface area contributed by atoms with E-state index in [-0.39, 0.29) is 13.0 Å². The van der Waals surface area contributed by atoms with Gasteiger partial charge in [-0.25, -0.2) is 9.59 Å². The average molecular weight is 429 g/mol. The number of fused-ring (bicyclic) bond motifs is 1. The Morgan fingerprint density at radius 3 is 2.34 bits per heavy atom. The highest BCUT2D eigenvalue weighted by Gasteiger charge is 2.21. The van der Waals surface area contributed by atoms with E-state index < -0.39 is 18.1 Å². The Bertz CT molecular complexity index is 1200. The van der Waals surface area contributed by atoms with E-state index in [0.29, 0.717) is 12.2 Å². The van der Waals surface area contributed by atoms with E-state index in [0.717, 1.165) is 27.7 Å². The van der Waals surface area contributed by atoms with Gasteiger partial charge in [0.2, 0.25) is 0 Å². The summed E-state index contributed by atoms with van der Waals surface area (Å²) in [6.07, 6.45) is -0.201. The van der Waals surface area contributed by atoms with Gasteiger partial charge in [0.25, 0.3) is 0 Å². The van der Waals surface area contributed by atoms with Crippen LogP contribution in [0.1, 0.15) is 11.3 Å². The fraction of sp³-hybridized carbons (Fsp3) is 0.154. The lowest BCUT2D eigenvalue weighted by Gasteiger charge is -2.14. The summed E-state index contributed by atoms with van der Waals surface area (Å²) in [6.45, 7) is 0.0782. The van der Waals surface area contributed by atoms with Gasteiger partial charge in [0, 0.05) is 18.2 Å². The predicted octanol–water partition coefficient (Wildman–Crippen LogP) is 5.06. The zero-order valence-electron chi connectivity index (χ0n) is 17.4. The lowest BCUT2D eigenvalue weighted by atomic mass is 10.0. The van der Waals surface area contributed by atoms with Gasteiger partial charge < -0.3 is 19.6 Å². The Hall–Kier alpha value is -4.06. The first kappa shape index (κ1) is 21.2. The molecule has 4 rings (SSSR count). The number of amides is 1. The molecule has 6 nitrogen and oxygen atoms in total. The van der Waals surface area contributed by atoms with Crippen molar-refractivity contribution in [2.75, 3.05) is 6.61 Å². The number of aliphatic carboxylic acids is 1. The largest absolute Gasteiger partial charge is 0.480 e. The first-order valence-corrected chi connectivity index (χ1v) is 10.4. The topological polar surface area (TPSA) is 88.8 Å². The molecule has 0 aliphatic rings. The van der Waals surface area contributed by atoms with Crippen molar-refractivity contribution in [2.24, 2.45) is 0 Å². The molecule has 0 spiro atoms. The predicted molar refractivity (Wildman–Crippen MR) is 121 cm³/mol. The van der Waals surface area contributed by atoms with Crippen LogP contribution in [0, 0.1) is 0 Å². The van der Waals surface area contributed by atoms with E-state index in [9.17, 15) is 14.7 Å². The van der Waals surface area contributed by atoms with Gasteiger partial charge >= 0.3 is 12.1 Å². The molecule has 0 saturated heterocycles. The van der Waals surface area contributed by atoms with Gasteiger partial charge in [-0.1, -0.05) is 66.7 Å². The van der Waals surface area contributed by atoms with E-state index in [4.69, 9.17) is 9.15 Å². The second kappa shape index (κ2) is 9.83. The van der Waals surface area contributed by atoms with Crippen LogP contribution in [0.2, 0.25) is 0 Å². The van der Waals surface area contributed by atoms with Crippen LogP contribution in [0.25, 0.3) is 22.1 Å². The van der Waals surface area contributed by atoms with Crippen molar-refractivity contribution < 1.29 is 23.8 Å². The highest BCUT2D eigenvalue weighted by molar-refractivity contribution is 5.84. The molecule has 0 aliphatic heterocycles. The van der Waals surface area contributed by atoms with Gasteiger partial charge in [0.05, 0.1) is 0 Å². The van der Waals surface area contributed by atoms with Crippen LogP contribution < -0.4 is 5.32 Å². The van der Waals surface area contributed by atoms with Gasteiger partial charge in [0.1, 0.15) is 24.0 Å². The number of furan rings is 1. The van der Waals surface area contributed by atoms with E-state index in [1.54, 1.807) is 0 Å². The van der Waals surface area contributed by atoms with Crippen LogP contribution in [0.5, 0.6) is 0 Å². The lowest BCUT2D eigenvalue weighted by molar-refractivity contribution is -0.139. The number of carbonyl (C=O) groups excluding carboxylic acids is 1. The van der Waals surface area contributed by atoms with E-state index in [2.05, 4.69) is 23.5 Å². The van der Waals surface area contributed by atoms with Crippen LogP contribution in [-0.4, -0.2) is 29.8 Å². The molecule has 2 N–H and O–H groups in total. The third-order valence-corrected chi connectivity index (χ3v) is 5.13. The van der Waals surface area contributed by atoms with Crippen molar-refractivity contribution in [1.82, 2.24) is 5.32 Å². The van der Waals surface area contributed by atoms with Crippen molar-refractivity contribution in [3.8, 4) is 11.1 Å². The van der Waals surface area contributed by atoms with Crippen molar-refractivity contribution in [2.45, 2.75) is 18.9 Å². The number of benzene rings is 3. The summed E-state index contributed by atoms with van der Waals surface area (Å²) >= 11 is 0.